The van der Waals surface area contributed by atoms with Gasteiger partial charge in [-0.3, -0.25) is 15.1 Å². The maximum atomic E-state index is 13.5. The van der Waals surface area contributed by atoms with Crippen LogP contribution in [0.1, 0.15) is 12.8 Å². The summed E-state index contributed by atoms with van der Waals surface area (Å²) >= 11 is 1.25. The van der Waals surface area contributed by atoms with E-state index in [-0.39, 0.29) is 11.4 Å². The molecule has 1 atom stereocenters. The van der Waals surface area contributed by atoms with Gasteiger partial charge in [0.05, 0.1) is 5.52 Å². The van der Waals surface area contributed by atoms with Gasteiger partial charge in [-0.1, -0.05) is 59.9 Å². The first-order valence-corrected chi connectivity index (χ1v) is 12.3. The van der Waals surface area contributed by atoms with E-state index in [4.69, 9.17) is 0 Å². The number of hydrogen-bond acceptors (Lipinski definition) is 7. The van der Waals surface area contributed by atoms with Crippen molar-refractivity contribution in [2.24, 2.45) is 0 Å². The Hall–Kier alpha value is -3.21. The van der Waals surface area contributed by atoms with E-state index < -0.39 is 22.0 Å². The fraction of sp³-hybridized carbons (Fsp3) is 0.182. The number of nitrogens with one attached hydrogen (secondary N) is 1. The number of carbonyl (C=O) groups is 1. The minimum atomic E-state index is -3.91. The first kappa shape index (κ1) is 20.7. The minimum Gasteiger partial charge on any atom is -0.299 e. The van der Waals surface area contributed by atoms with Crippen LogP contribution in [0.4, 0.5) is 5.13 Å². The van der Waals surface area contributed by atoms with Crippen LogP contribution in [-0.2, 0) is 14.8 Å². The molecule has 2 aromatic heterocycles. The molecule has 0 aliphatic carbocycles. The van der Waals surface area contributed by atoms with E-state index in [0.717, 1.165) is 10.9 Å². The molecule has 3 heterocycles. The third-order valence-corrected chi connectivity index (χ3v) is 8.19. The van der Waals surface area contributed by atoms with Gasteiger partial charge < -0.3 is 0 Å². The molecule has 4 aromatic rings. The Labute approximate surface area is 189 Å². The second-order valence-electron chi connectivity index (χ2n) is 7.37. The monoisotopic (exact) mass is 465 g/mol. The van der Waals surface area contributed by atoms with Crippen molar-refractivity contribution in [3.8, 4) is 10.6 Å². The zero-order chi connectivity index (χ0) is 22.1. The maximum Gasteiger partial charge on any atom is 0.245 e. The summed E-state index contributed by atoms with van der Waals surface area (Å²) in [5.41, 5.74) is 1.30. The lowest BCUT2D eigenvalue weighted by atomic mass is 10.2. The molecule has 0 saturated carbocycles. The highest BCUT2D eigenvalue weighted by Crippen LogP contribution is 2.31. The molecular weight excluding hydrogens is 446 g/mol. The van der Waals surface area contributed by atoms with Gasteiger partial charge in [0.2, 0.25) is 21.1 Å². The molecule has 8 nitrogen and oxygen atoms in total. The molecule has 2 aromatic carbocycles. The van der Waals surface area contributed by atoms with Crippen LogP contribution in [0.3, 0.4) is 0 Å². The number of nitrogens with zero attached hydrogens (tertiary/aromatic N) is 4. The van der Waals surface area contributed by atoms with Gasteiger partial charge in [-0.25, -0.2) is 8.42 Å². The summed E-state index contributed by atoms with van der Waals surface area (Å²) in [5.74, 6) is -0.407. The number of carbonyl (C=O) groups excluding carboxylic acids is 1. The number of pyridine rings is 1. The molecule has 0 spiro atoms. The SMILES string of the molecule is O=C(Nc1nnc(-c2ccccc2)s1)C1CCCN1S(=O)(=O)c1cccc2cccnc12. The van der Waals surface area contributed by atoms with Gasteiger partial charge in [0, 0.05) is 23.7 Å². The topological polar surface area (TPSA) is 105 Å². The first-order chi connectivity index (χ1) is 15.5. The van der Waals surface area contributed by atoms with Crippen LogP contribution in [-0.4, -0.2) is 46.4 Å². The molecule has 1 fully saturated rings. The van der Waals surface area contributed by atoms with Crippen molar-refractivity contribution < 1.29 is 13.2 Å². The van der Waals surface area contributed by atoms with Crippen molar-refractivity contribution in [1.29, 1.82) is 0 Å². The Balaban J connectivity index is 1.40. The summed E-state index contributed by atoms with van der Waals surface area (Å²) in [7, 11) is -3.91. The molecule has 1 N–H and O–H groups in total. The summed E-state index contributed by atoms with van der Waals surface area (Å²) in [6.45, 7) is 0.273. The fourth-order valence-corrected chi connectivity index (χ4v) is 6.44. The van der Waals surface area contributed by atoms with E-state index in [1.54, 1.807) is 18.3 Å². The Kier molecular flexibility index (Phi) is 5.41. The van der Waals surface area contributed by atoms with Gasteiger partial charge >= 0.3 is 0 Å². The number of benzene rings is 2. The zero-order valence-electron chi connectivity index (χ0n) is 16.9. The fourth-order valence-electron chi connectivity index (χ4n) is 3.86. The van der Waals surface area contributed by atoms with Gasteiger partial charge in [0.1, 0.15) is 15.9 Å². The van der Waals surface area contributed by atoms with Crippen molar-refractivity contribution in [3.05, 3.63) is 66.9 Å². The highest BCUT2D eigenvalue weighted by atomic mass is 32.2. The summed E-state index contributed by atoms with van der Waals surface area (Å²) in [6, 6.07) is 17.3. The van der Waals surface area contributed by atoms with E-state index in [9.17, 15) is 13.2 Å². The Morgan fingerprint density at radius 2 is 1.84 bits per heavy atom. The molecule has 0 bridgehead atoms. The Morgan fingerprint density at radius 3 is 2.69 bits per heavy atom. The van der Waals surface area contributed by atoms with E-state index >= 15 is 0 Å². The third-order valence-electron chi connectivity index (χ3n) is 5.36. The van der Waals surface area contributed by atoms with E-state index in [1.807, 2.05) is 42.5 Å². The average Bonchev–Trinajstić information content (AvgIpc) is 3.50. The molecule has 32 heavy (non-hydrogen) atoms. The quantitative estimate of drug-likeness (QED) is 0.483. The number of para-hydroxylation sites is 1. The Bertz CT molecular complexity index is 1380. The molecule has 1 aliphatic rings. The number of amides is 1. The molecular formula is C22H19N5O3S2. The summed E-state index contributed by atoms with van der Waals surface area (Å²) < 4.78 is 28.2. The molecule has 1 aliphatic heterocycles. The highest BCUT2D eigenvalue weighted by molar-refractivity contribution is 7.89. The number of hydrogen-bond donors (Lipinski definition) is 1. The summed E-state index contributed by atoms with van der Waals surface area (Å²) in [4.78, 5) is 17.4. The highest BCUT2D eigenvalue weighted by Gasteiger charge is 2.40. The standard InChI is InChI=1S/C22H19N5O3S2/c28-20(24-22-26-25-21(31-22)16-7-2-1-3-8-16)17-11-6-14-27(17)32(29,30)18-12-4-9-15-10-5-13-23-19(15)18/h1-5,7-10,12-13,17H,6,11,14H2,(H,24,26,28). The van der Waals surface area contributed by atoms with Crippen LogP contribution in [0.25, 0.3) is 21.5 Å². The van der Waals surface area contributed by atoms with Crippen LogP contribution in [0.5, 0.6) is 0 Å². The lowest BCUT2D eigenvalue weighted by molar-refractivity contribution is -0.119. The van der Waals surface area contributed by atoms with Crippen molar-refractivity contribution in [2.45, 2.75) is 23.8 Å². The maximum absolute atomic E-state index is 13.5. The van der Waals surface area contributed by atoms with Crippen molar-refractivity contribution in [1.82, 2.24) is 19.5 Å². The largest absolute Gasteiger partial charge is 0.299 e. The van der Waals surface area contributed by atoms with Crippen molar-refractivity contribution in [2.75, 3.05) is 11.9 Å². The molecule has 5 rings (SSSR count). The van der Waals surface area contributed by atoms with Gasteiger partial charge in [0.15, 0.2) is 0 Å². The number of sulfonamides is 1. The van der Waals surface area contributed by atoms with Gasteiger partial charge in [-0.2, -0.15) is 4.31 Å². The van der Waals surface area contributed by atoms with Crippen LogP contribution >= 0.6 is 11.3 Å². The smallest absolute Gasteiger partial charge is 0.245 e. The number of anilines is 1. The Morgan fingerprint density at radius 1 is 1.03 bits per heavy atom. The molecule has 10 heteroatoms. The van der Waals surface area contributed by atoms with Crippen molar-refractivity contribution in [3.63, 3.8) is 0 Å². The second-order valence-corrected chi connectivity index (χ2v) is 10.2. The average molecular weight is 466 g/mol. The molecule has 162 valence electrons. The van der Waals surface area contributed by atoms with Crippen molar-refractivity contribution >= 4 is 43.3 Å². The lowest BCUT2D eigenvalue weighted by Gasteiger charge is -2.23. The number of aromatic nitrogens is 3. The van der Waals surface area contributed by atoms with Crippen LogP contribution in [0.2, 0.25) is 0 Å². The van der Waals surface area contributed by atoms with Crippen LogP contribution < -0.4 is 5.32 Å². The minimum absolute atomic E-state index is 0.109. The van der Waals surface area contributed by atoms with E-state index in [2.05, 4.69) is 20.5 Å². The molecule has 0 radical (unpaired) electrons. The van der Waals surface area contributed by atoms with Gasteiger partial charge in [-0.15, -0.1) is 10.2 Å². The predicted octanol–water partition coefficient (Wildman–Crippen LogP) is 3.55. The number of rotatable bonds is 5. The number of fused-ring (bicyclic) bond motifs is 1. The van der Waals surface area contributed by atoms with Gasteiger partial charge in [0.25, 0.3) is 0 Å². The zero-order valence-corrected chi connectivity index (χ0v) is 18.5. The summed E-state index contributed by atoms with van der Waals surface area (Å²) in [6.07, 6.45) is 2.60. The molecule has 1 amide bonds. The van der Waals surface area contributed by atoms with E-state index in [0.29, 0.717) is 28.5 Å². The molecule has 1 saturated heterocycles. The summed E-state index contributed by atoms with van der Waals surface area (Å²) in [5, 5.41) is 12.7. The van der Waals surface area contributed by atoms with Crippen LogP contribution in [0.15, 0.2) is 71.8 Å². The normalized spacial score (nSPS) is 16.9. The third kappa shape index (κ3) is 3.77. The first-order valence-electron chi connectivity index (χ1n) is 10.1. The van der Waals surface area contributed by atoms with Gasteiger partial charge in [-0.05, 0) is 25.0 Å². The second kappa shape index (κ2) is 8.38. The van der Waals surface area contributed by atoms with E-state index in [1.165, 1.54) is 21.7 Å². The molecule has 1 unspecified atom stereocenters. The lowest BCUT2D eigenvalue weighted by Crippen LogP contribution is -2.43. The predicted molar refractivity (Wildman–Crippen MR) is 123 cm³/mol. The van der Waals surface area contributed by atoms with Crippen LogP contribution in [0, 0.1) is 0 Å².